The standard InChI is InChI=1S/C24H27F2N5OS/c1-13-3-4-17-21(27-2)22(33-24(17)30-13)23(32)29-6-5-14-7-19(26)20(8-18(14)25)31-11-15-9-28-10-16(15)12-31/h3-4,7-8,15-16,27-28H,5-6,9-12H2,1-2H3,(H,29,32)/t15-,16+. The Labute approximate surface area is 195 Å². The molecule has 2 aliphatic heterocycles. The molecule has 2 atom stereocenters. The maximum atomic E-state index is 14.8. The number of nitrogens with zero attached hydrogens (tertiary/aromatic N) is 2. The van der Waals surface area contributed by atoms with Gasteiger partial charge in [0.2, 0.25) is 0 Å². The van der Waals surface area contributed by atoms with Gasteiger partial charge in [0, 0.05) is 56.9 Å². The molecule has 5 rings (SSSR count). The number of aryl methyl sites for hydroxylation is 1. The number of carbonyl (C=O) groups is 1. The maximum absolute atomic E-state index is 14.8. The zero-order valence-electron chi connectivity index (χ0n) is 18.7. The first-order chi connectivity index (χ1) is 15.9. The molecule has 0 spiro atoms. The summed E-state index contributed by atoms with van der Waals surface area (Å²) in [6.07, 6.45) is 0.209. The summed E-state index contributed by atoms with van der Waals surface area (Å²) in [5.74, 6) is -0.104. The van der Waals surface area contributed by atoms with E-state index in [0.29, 0.717) is 22.4 Å². The highest BCUT2D eigenvalue weighted by Crippen LogP contribution is 2.35. The summed E-state index contributed by atoms with van der Waals surface area (Å²) in [6.45, 7) is 5.49. The quantitative estimate of drug-likeness (QED) is 0.513. The van der Waals surface area contributed by atoms with Crippen molar-refractivity contribution in [1.29, 1.82) is 0 Å². The van der Waals surface area contributed by atoms with Gasteiger partial charge in [-0.1, -0.05) is 0 Å². The molecule has 1 aromatic carbocycles. The lowest BCUT2D eigenvalue weighted by atomic mass is 10.0. The van der Waals surface area contributed by atoms with E-state index < -0.39 is 11.6 Å². The number of halogens is 2. The van der Waals surface area contributed by atoms with Gasteiger partial charge >= 0.3 is 0 Å². The lowest BCUT2D eigenvalue weighted by Gasteiger charge is -2.21. The average molecular weight is 472 g/mol. The van der Waals surface area contributed by atoms with Crippen molar-refractivity contribution >= 4 is 38.8 Å². The molecule has 2 aromatic heterocycles. The number of amides is 1. The summed E-state index contributed by atoms with van der Waals surface area (Å²) < 4.78 is 29.6. The zero-order chi connectivity index (χ0) is 23.1. The smallest absolute Gasteiger partial charge is 0.263 e. The Morgan fingerprint density at radius 2 is 1.97 bits per heavy atom. The van der Waals surface area contributed by atoms with Crippen LogP contribution in [-0.4, -0.2) is 50.7 Å². The molecule has 2 saturated heterocycles. The van der Waals surface area contributed by atoms with Gasteiger partial charge in [0.05, 0.1) is 11.4 Å². The molecule has 0 aliphatic carbocycles. The Hall–Kier alpha value is -2.78. The van der Waals surface area contributed by atoms with E-state index in [9.17, 15) is 13.6 Å². The van der Waals surface area contributed by atoms with E-state index in [-0.39, 0.29) is 24.4 Å². The number of hydrogen-bond acceptors (Lipinski definition) is 6. The van der Waals surface area contributed by atoms with Crippen LogP contribution in [0.25, 0.3) is 10.2 Å². The van der Waals surface area contributed by atoms with Crippen molar-refractivity contribution in [1.82, 2.24) is 15.6 Å². The van der Waals surface area contributed by atoms with Crippen molar-refractivity contribution < 1.29 is 13.6 Å². The molecule has 3 N–H and O–H groups in total. The van der Waals surface area contributed by atoms with E-state index in [0.717, 1.165) is 47.8 Å². The SMILES string of the molecule is CNc1c(C(=O)NCCc2cc(F)c(N3C[C@H]4CNC[C@H]4C3)cc2F)sc2nc(C)ccc12. The van der Waals surface area contributed by atoms with Crippen molar-refractivity contribution in [2.45, 2.75) is 13.3 Å². The van der Waals surface area contributed by atoms with E-state index in [1.165, 1.54) is 23.5 Å². The number of fused-ring (bicyclic) bond motifs is 2. The molecule has 4 heterocycles. The average Bonchev–Trinajstić information content (AvgIpc) is 3.48. The summed E-state index contributed by atoms with van der Waals surface area (Å²) in [6, 6.07) is 6.43. The number of carbonyl (C=O) groups excluding carboxylic acids is 1. The molecule has 9 heteroatoms. The van der Waals surface area contributed by atoms with Gasteiger partial charge in [-0.15, -0.1) is 11.3 Å². The van der Waals surface area contributed by atoms with E-state index in [1.54, 1.807) is 7.05 Å². The fraction of sp³-hybridized carbons (Fsp3) is 0.417. The second-order valence-electron chi connectivity index (χ2n) is 8.85. The Morgan fingerprint density at radius 1 is 1.21 bits per heavy atom. The highest BCUT2D eigenvalue weighted by molar-refractivity contribution is 7.21. The lowest BCUT2D eigenvalue weighted by Crippen LogP contribution is -2.27. The molecule has 2 aliphatic rings. The third kappa shape index (κ3) is 4.15. The molecular formula is C24H27F2N5OS. The van der Waals surface area contributed by atoms with Crippen LogP contribution in [0, 0.1) is 30.4 Å². The molecule has 0 saturated carbocycles. The normalized spacial score (nSPS) is 19.8. The van der Waals surface area contributed by atoms with Crippen LogP contribution in [0.15, 0.2) is 24.3 Å². The van der Waals surface area contributed by atoms with Crippen molar-refractivity contribution in [2.75, 3.05) is 50.0 Å². The van der Waals surface area contributed by atoms with Gasteiger partial charge in [-0.05, 0) is 48.9 Å². The summed E-state index contributed by atoms with van der Waals surface area (Å²) >= 11 is 1.32. The molecule has 2 fully saturated rings. The van der Waals surface area contributed by atoms with Crippen LogP contribution in [0.1, 0.15) is 20.9 Å². The Morgan fingerprint density at radius 3 is 2.70 bits per heavy atom. The largest absolute Gasteiger partial charge is 0.386 e. The van der Waals surface area contributed by atoms with Gasteiger partial charge in [0.25, 0.3) is 5.91 Å². The monoisotopic (exact) mass is 471 g/mol. The van der Waals surface area contributed by atoms with Crippen molar-refractivity contribution in [3.05, 3.63) is 52.0 Å². The Balaban J connectivity index is 1.25. The van der Waals surface area contributed by atoms with Crippen molar-refractivity contribution in [3.8, 4) is 0 Å². The number of thiophene rings is 1. The number of anilines is 2. The molecule has 3 aromatic rings. The molecule has 174 valence electrons. The Bertz CT molecular complexity index is 1200. The van der Waals surface area contributed by atoms with E-state index in [1.807, 2.05) is 24.0 Å². The highest BCUT2D eigenvalue weighted by atomic mass is 32.1. The number of pyridine rings is 1. The second-order valence-corrected chi connectivity index (χ2v) is 9.84. The van der Waals surface area contributed by atoms with Gasteiger partial charge in [-0.3, -0.25) is 4.79 Å². The van der Waals surface area contributed by atoms with Crippen LogP contribution >= 0.6 is 11.3 Å². The van der Waals surface area contributed by atoms with Gasteiger partial charge in [-0.25, -0.2) is 13.8 Å². The van der Waals surface area contributed by atoms with Crippen LogP contribution in [0.3, 0.4) is 0 Å². The van der Waals surface area contributed by atoms with Gasteiger partial charge in [0.15, 0.2) is 0 Å². The minimum atomic E-state index is -0.437. The van der Waals surface area contributed by atoms with Crippen LogP contribution in [-0.2, 0) is 6.42 Å². The molecule has 0 unspecified atom stereocenters. The van der Waals surface area contributed by atoms with Crippen molar-refractivity contribution in [3.63, 3.8) is 0 Å². The summed E-state index contributed by atoms with van der Waals surface area (Å²) in [5, 5.41) is 10.2. The zero-order valence-corrected chi connectivity index (χ0v) is 19.5. The number of hydrogen-bond donors (Lipinski definition) is 3. The van der Waals surface area contributed by atoms with Crippen LogP contribution in [0.5, 0.6) is 0 Å². The van der Waals surface area contributed by atoms with Gasteiger partial charge < -0.3 is 20.9 Å². The third-order valence-corrected chi connectivity index (χ3v) is 7.78. The second kappa shape index (κ2) is 8.87. The lowest BCUT2D eigenvalue weighted by molar-refractivity contribution is 0.0959. The van der Waals surface area contributed by atoms with E-state index in [2.05, 4.69) is 20.9 Å². The minimum absolute atomic E-state index is 0.206. The number of aromatic nitrogens is 1. The molecule has 33 heavy (non-hydrogen) atoms. The van der Waals surface area contributed by atoms with Crippen LogP contribution in [0.4, 0.5) is 20.2 Å². The van der Waals surface area contributed by atoms with Crippen LogP contribution in [0.2, 0.25) is 0 Å². The molecule has 0 radical (unpaired) electrons. The molecular weight excluding hydrogens is 444 g/mol. The Kier molecular flexibility index (Phi) is 5.92. The van der Waals surface area contributed by atoms with Crippen LogP contribution < -0.4 is 20.9 Å². The molecule has 6 nitrogen and oxygen atoms in total. The summed E-state index contributed by atoms with van der Waals surface area (Å²) in [5.41, 5.74) is 2.21. The summed E-state index contributed by atoms with van der Waals surface area (Å²) in [7, 11) is 1.77. The highest BCUT2D eigenvalue weighted by Gasteiger charge is 2.37. The predicted molar refractivity (Wildman–Crippen MR) is 128 cm³/mol. The first-order valence-electron chi connectivity index (χ1n) is 11.2. The number of rotatable bonds is 6. The van der Waals surface area contributed by atoms with Gasteiger partial charge in [-0.2, -0.15) is 0 Å². The predicted octanol–water partition coefficient (Wildman–Crippen LogP) is 3.55. The third-order valence-electron chi connectivity index (χ3n) is 6.68. The first-order valence-corrected chi connectivity index (χ1v) is 12.1. The number of nitrogens with one attached hydrogen (secondary N) is 3. The fourth-order valence-corrected chi connectivity index (χ4v) is 6.08. The topological polar surface area (TPSA) is 69.3 Å². The maximum Gasteiger partial charge on any atom is 0.263 e. The minimum Gasteiger partial charge on any atom is -0.386 e. The van der Waals surface area contributed by atoms with E-state index >= 15 is 0 Å². The molecule has 0 bridgehead atoms. The first kappa shape index (κ1) is 22.0. The number of benzene rings is 1. The van der Waals surface area contributed by atoms with Gasteiger partial charge in [0.1, 0.15) is 21.3 Å². The van der Waals surface area contributed by atoms with E-state index in [4.69, 9.17) is 0 Å². The fourth-order valence-electron chi connectivity index (χ4n) is 4.93. The molecule has 1 amide bonds. The summed E-state index contributed by atoms with van der Waals surface area (Å²) in [4.78, 5) is 20.6. The van der Waals surface area contributed by atoms with Crippen molar-refractivity contribution in [2.24, 2.45) is 11.8 Å².